The second-order valence-electron chi connectivity index (χ2n) is 8.71. The van der Waals surface area contributed by atoms with Crippen LogP contribution >= 0.6 is 11.6 Å². The fourth-order valence-electron chi connectivity index (χ4n) is 6.73. The van der Waals surface area contributed by atoms with E-state index in [1.54, 1.807) is 0 Å². The van der Waals surface area contributed by atoms with Crippen LogP contribution in [0, 0.1) is 28.6 Å². The van der Waals surface area contributed by atoms with Crippen LogP contribution in [0.15, 0.2) is 11.1 Å². The average Bonchev–Trinajstić information content (AvgIpc) is 2.84. The summed E-state index contributed by atoms with van der Waals surface area (Å²) in [5, 5.41) is 3.31. The van der Waals surface area contributed by atoms with E-state index in [1.165, 1.54) is 44.1 Å². The van der Waals surface area contributed by atoms with Crippen LogP contribution in [-0.2, 0) is 4.79 Å². The average molecular weight is 322 g/mol. The quantitative estimate of drug-likeness (QED) is 0.692. The van der Waals surface area contributed by atoms with E-state index in [0.29, 0.717) is 16.9 Å². The second kappa shape index (κ2) is 5.00. The van der Waals surface area contributed by atoms with Gasteiger partial charge in [0, 0.05) is 18.0 Å². The predicted molar refractivity (Wildman–Crippen MR) is 89.5 cm³/mol. The van der Waals surface area contributed by atoms with Crippen molar-refractivity contribution < 1.29 is 4.79 Å². The van der Waals surface area contributed by atoms with E-state index in [4.69, 9.17) is 11.6 Å². The molecule has 3 aliphatic carbocycles. The van der Waals surface area contributed by atoms with Gasteiger partial charge in [0.1, 0.15) is 0 Å². The summed E-state index contributed by atoms with van der Waals surface area (Å²) in [4.78, 5) is 11.8. The Morgan fingerprint density at radius 3 is 2.68 bits per heavy atom. The maximum Gasteiger partial charge on any atom is 0.220 e. The summed E-state index contributed by atoms with van der Waals surface area (Å²) in [5.74, 6) is 2.71. The van der Waals surface area contributed by atoms with Gasteiger partial charge in [0.25, 0.3) is 0 Å². The molecule has 4 fully saturated rings. The number of amides is 1. The molecule has 4 aliphatic rings. The molecule has 1 N–H and O–H groups in total. The summed E-state index contributed by atoms with van der Waals surface area (Å²) in [6.07, 6.45) is 9.41. The molecule has 1 amide bonds. The third kappa shape index (κ3) is 1.89. The molecule has 22 heavy (non-hydrogen) atoms. The van der Waals surface area contributed by atoms with Crippen molar-refractivity contribution in [3.05, 3.63) is 11.1 Å². The van der Waals surface area contributed by atoms with Crippen LogP contribution in [0.4, 0.5) is 0 Å². The topological polar surface area (TPSA) is 29.1 Å². The number of hydrogen-bond acceptors (Lipinski definition) is 1. The summed E-state index contributed by atoms with van der Waals surface area (Å²) >= 11 is 6.14. The van der Waals surface area contributed by atoms with E-state index in [1.807, 2.05) is 5.54 Å². The van der Waals surface area contributed by atoms with Crippen molar-refractivity contribution >= 4 is 17.5 Å². The molecule has 1 heterocycles. The van der Waals surface area contributed by atoms with Crippen LogP contribution < -0.4 is 5.32 Å². The summed E-state index contributed by atoms with van der Waals surface area (Å²) in [6, 6.07) is 0.420. The number of carbonyl (C=O) groups is 1. The van der Waals surface area contributed by atoms with Crippen LogP contribution in [0.3, 0.4) is 0 Å². The van der Waals surface area contributed by atoms with Gasteiger partial charge in [-0.05, 0) is 73.5 Å². The fraction of sp³-hybridized carbons (Fsp3) is 0.842. The first-order valence-electron chi connectivity index (χ1n) is 9.08. The van der Waals surface area contributed by atoms with Gasteiger partial charge in [0.2, 0.25) is 5.91 Å². The van der Waals surface area contributed by atoms with Crippen molar-refractivity contribution in [2.24, 2.45) is 28.6 Å². The third-order valence-electron chi connectivity index (χ3n) is 8.07. The summed E-state index contributed by atoms with van der Waals surface area (Å²) in [5.41, 5.74) is 4.06. The molecule has 3 saturated carbocycles. The molecule has 4 rings (SSSR count). The van der Waals surface area contributed by atoms with Crippen molar-refractivity contribution in [3.8, 4) is 0 Å². The molecule has 1 aliphatic heterocycles. The van der Waals surface area contributed by atoms with Gasteiger partial charge in [0.15, 0.2) is 0 Å². The van der Waals surface area contributed by atoms with Crippen molar-refractivity contribution in [1.29, 1.82) is 0 Å². The number of halogens is 1. The Morgan fingerprint density at radius 2 is 1.91 bits per heavy atom. The number of rotatable bonds is 0. The predicted octanol–water partition coefficient (Wildman–Crippen LogP) is 4.63. The molecule has 122 valence electrons. The van der Waals surface area contributed by atoms with Crippen LogP contribution in [0.5, 0.6) is 0 Å². The van der Waals surface area contributed by atoms with Crippen LogP contribution in [0.1, 0.15) is 65.2 Å². The molecule has 1 unspecified atom stereocenters. The van der Waals surface area contributed by atoms with Crippen molar-refractivity contribution in [2.75, 3.05) is 0 Å². The highest BCUT2D eigenvalue weighted by Crippen LogP contribution is 2.65. The third-order valence-corrected chi connectivity index (χ3v) is 8.34. The number of nitrogens with one attached hydrogen (secondary N) is 1. The van der Waals surface area contributed by atoms with E-state index in [2.05, 4.69) is 19.2 Å². The molecular formula is C19H28ClNO. The normalized spacial score (nSPS) is 52.7. The summed E-state index contributed by atoms with van der Waals surface area (Å²) < 4.78 is 0. The first-order chi connectivity index (χ1) is 10.5. The summed E-state index contributed by atoms with van der Waals surface area (Å²) in [7, 11) is 0. The number of allylic oxidation sites excluding steroid dienone is 1. The largest absolute Gasteiger partial charge is 0.353 e. The fourth-order valence-corrected chi connectivity index (χ4v) is 7.09. The lowest BCUT2D eigenvalue weighted by atomic mass is 9.47. The molecule has 0 aromatic heterocycles. The van der Waals surface area contributed by atoms with Gasteiger partial charge in [-0.1, -0.05) is 31.0 Å². The Bertz CT molecular complexity index is 530. The van der Waals surface area contributed by atoms with Gasteiger partial charge in [-0.3, -0.25) is 4.79 Å². The lowest BCUT2D eigenvalue weighted by molar-refractivity contribution is -0.134. The molecule has 0 radical (unpaired) electrons. The minimum Gasteiger partial charge on any atom is -0.353 e. The maximum atomic E-state index is 11.8. The van der Waals surface area contributed by atoms with E-state index >= 15 is 0 Å². The Balaban J connectivity index is 1.65. The van der Waals surface area contributed by atoms with Gasteiger partial charge in [-0.2, -0.15) is 0 Å². The molecular weight excluding hydrogens is 294 g/mol. The first kappa shape index (κ1) is 15.1. The highest BCUT2D eigenvalue weighted by atomic mass is 35.5. The SMILES string of the molecule is C[C@]12CCC(=O)NC1CC[C@@H]1[C@H]2CC[C@]2(C)/C(=C\Cl)CC[C@@H]12. The van der Waals surface area contributed by atoms with Gasteiger partial charge < -0.3 is 5.32 Å². The van der Waals surface area contributed by atoms with Crippen molar-refractivity contribution in [2.45, 2.75) is 71.3 Å². The Labute approximate surface area is 139 Å². The number of hydrogen-bond donors (Lipinski definition) is 1. The standard InChI is InChI=1S/C19H28ClNO/c1-18-9-7-15-13(14(18)5-3-12(18)11-20)4-6-16-19(15,2)10-8-17(22)21-16/h11,13-16H,3-10H2,1-2H3,(H,21,22)/b12-11-/t13-,14-,15+,16?,18+,19+/m0/s1. The molecule has 0 aromatic carbocycles. The molecule has 2 nitrogen and oxygen atoms in total. The Morgan fingerprint density at radius 1 is 1.09 bits per heavy atom. The number of carbonyl (C=O) groups excluding carboxylic acids is 1. The molecule has 0 spiro atoms. The first-order valence-corrected chi connectivity index (χ1v) is 9.52. The maximum absolute atomic E-state index is 11.8. The van der Waals surface area contributed by atoms with E-state index in [0.717, 1.165) is 30.6 Å². The zero-order valence-corrected chi connectivity index (χ0v) is 14.6. The van der Waals surface area contributed by atoms with Gasteiger partial charge >= 0.3 is 0 Å². The van der Waals surface area contributed by atoms with Gasteiger partial charge in [-0.15, -0.1) is 0 Å². The minimum absolute atomic E-state index is 0.273. The van der Waals surface area contributed by atoms with Gasteiger partial charge in [-0.25, -0.2) is 0 Å². The zero-order chi connectivity index (χ0) is 15.5. The monoisotopic (exact) mass is 321 g/mol. The second-order valence-corrected chi connectivity index (χ2v) is 8.93. The van der Waals surface area contributed by atoms with Crippen LogP contribution in [-0.4, -0.2) is 11.9 Å². The van der Waals surface area contributed by atoms with Gasteiger partial charge in [0.05, 0.1) is 0 Å². The number of fused-ring (bicyclic) bond motifs is 5. The van der Waals surface area contributed by atoms with Crippen molar-refractivity contribution in [1.82, 2.24) is 5.32 Å². The smallest absolute Gasteiger partial charge is 0.220 e. The molecule has 1 saturated heterocycles. The Hall–Kier alpha value is -0.500. The zero-order valence-electron chi connectivity index (χ0n) is 13.8. The lowest BCUT2D eigenvalue weighted by Gasteiger charge is -2.59. The Kier molecular flexibility index (Phi) is 3.42. The molecule has 0 aromatic rings. The molecule has 0 bridgehead atoms. The minimum atomic E-state index is 0.273. The summed E-state index contributed by atoms with van der Waals surface area (Å²) in [6.45, 7) is 4.93. The van der Waals surface area contributed by atoms with E-state index < -0.39 is 0 Å². The van der Waals surface area contributed by atoms with Crippen LogP contribution in [0.2, 0.25) is 0 Å². The van der Waals surface area contributed by atoms with E-state index in [9.17, 15) is 4.79 Å². The molecule has 6 atom stereocenters. The number of piperidine rings is 1. The highest BCUT2D eigenvalue weighted by molar-refractivity contribution is 6.25. The van der Waals surface area contributed by atoms with Crippen molar-refractivity contribution in [3.63, 3.8) is 0 Å². The lowest BCUT2D eigenvalue weighted by Crippen LogP contribution is -2.60. The highest BCUT2D eigenvalue weighted by Gasteiger charge is 2.59. The van der Waals surface area contributed by atoms with E-state index in [-0.39, 0.29) is 5.91 Å². The molecule has 3 heteroatoms. The van der Waals surface area contributed by atoms with Crippen LogP contribution in [0.25, 0.3) is 0 Å².